The standard InChI is InChI=1S/C12H15N3OS3/c1-16-10-4-3-8(5-9(10)6-13)7-18-12-15-14-11(17-2)19-12/h3-5H,6-7,13H2,1-2H3. The zero-order valence-electron chi connectivity index (χ0n) is 10.8. The summed E-state index contributed by atoms with van der Waals surface area (Å²) in [5.74, 6) is 1.71. The third kappa shape index (κ3) is 3.85. The molecule has 0 bridgehead atoms. The molecule has 0 fully saturated rings. The number of methoxy groups -OCH3 is 1. The third-order valence-electron chi connectivity index (χ3n) is 2.49. The van der Waals surface area contributed by atoms with Gasteiger partial charge in [0.1, 0.15) is 5.75 Å². The van der Waals surface area contributed by atoms with Crippen LogP contribution >= 0.6 is 34.9 Å². The lowest BCUT2D eigenvalue weighted by molar-refractivity contribution is 0.409. The van der Waals surface area contributed by atoms with E-state index in [0.29, 0.717) is 6.54 Å². The van der Waals surface area contributed by atoms with E-state index in [-0.39, 0.29) is 0 Å². The molecule has 0 aliphatic carbocycles. The zero-order chi connectivity index (χ0) is 13.7. The largest absolute Gasteiger partial charge is 0.496 e. The van der Waals surface area contributed by atoms with Gasteiger partial charge in [-0.15, -0.1) is 10.2 Å². The minimum atomic E-state index is 0.483. The molecule has 0 radical (unpaired) electrons. The number of nitrogens with zero attached hydrogens (tertiary/aromatic N) is 2. The van der Waals surface area contributed by atoms with E-state index < -0.39 is 0 Å². The Morgan fingerprint density at radius 1 is 1.32 bits per heavy atom. The lowest BCUT2D eigenvalue weighted by Gasteiger charge is -2.08. The summed E-state index contributed by atoms with van der Waals surface area (Å²) in [6.07, 6.45) is 2.01. The first-order chi connectivity index (χ1) is 9.26. The fourth-order valence-electron chi connectivity index (χ4n) is 1.56. The number of nitrogens with two attached hydrogens (primary N) is 1. The van der Waals surface area contributed by atoms with Crippen LogP contribution in [0.5, 0.6) is 5.75 Å². The zero-order valence-corrected chi connectivity index (χ0v) is 13.2. The summed E-state index contributed by atoms with van der Waals surface area (Å²) in [4.78, 5) is 0. The van der Waals surface area contributed by atoms with Gasteiger partial charge >= 0.3 is 0 Å². The van der Waals surface area contributed by atoms with E-state index in [2.05, 4.69) is 22.3 Å². The van der Waals surface area contributed by atoms with Crippen molar-refractivity contribution in [1.82, 2.24) is 10.2 Å². The average molecular weight is 313 g/mol. The van der Waals surface area contributed by atoms with Gasteiger partial charge in [0.05, 0.1) is 7.11 Å². The Balaban J connectivity index is 2.03. The van der Waals surface area contributed by atoms with Crippen molar-refractivity contribution in [2.45, 2.75) is 21.0 Å². The van der Waals surface area contributed by atoms with Crippen LogP contribution in [0.2, 0.25) is 0 Å². The quantitative estimate of drug-likeness (QED) is 0.827. The fraction of sp³-hybridized carbons (Fsp3) is 0.333. The van der Waals surface area contributed by atoms with Gasteiger partial charge in [-0.05, 0) is 24.0 Å². The summed E-state index contributed by atoms with van der Waals surface area (Å²) in [6, 6.07) is 6.11. The first-order valence-electron chi connectivity index (χ1n) is 5.63. The molecule has 0 saturated heterocycles. The van der Waals surface area contributed by atoms with E-state index in [4.69, 9.17) is 10.5 Å². The SMILES string of the molecule is COc1ccc(CSc2nnc(SC)s2)cc1CN. The lowest BCUT2D eigenvalue weighted by atomic mass is 10.1. The molecule has 0 aliphatic heterocycles. The molecule has 1 aromatic heterocycles. The van der Waals surface area contributed by atoms with Crippen molar-refractivity contribution in [2.75, 3.05) is 13.4 Å². The van der Waals surface area contributed by atoms with Gasteiger partial charge in [-0.1, -0.05) is 40.9 Å². The Kier molecular flexibility index (Phi) is 5.50. The Morgan fingerprint density at radius 2 is 2.11 bits per heavy atom. The molecule has 0 spiro atoms. The second-order valence-electron chi connectivity index (χ2n) is 3.68. The van der Waals surface area contributed by atoms with Gasteiger partial charge in [0.15, 0.2) is 8.68 Å². The van der Waals surface area contributed by atoms with Crippen LogP contribution in [-0.4, -0.2) is 23.6 Å². The molecule has 4 nitrogen and oxygen atoms in total. The molecule has 19 heavy (non-hydrogen) atoms. The highest BCUT2D eigenvalue weighted by atomic mass is 32.2. The van der Waals surface area contributed by atoms with Gasteiger partial charge in [0, 0.05) is 17.9 Å². The van der Waals surface area contributed by atoms with Crippen LogP contribution in [-0.2, 0) is 12.3 Å². The van der Waals surface area contributed by atoms with Crippen molar-refractivity contribution in [3.63, 3.8) is 0 Å². The first-order valence-corrected chi connectivity index (χ1v) is 8.65. The molecular formula is C12H15N3OS3. The Labute approximate surface area is 125 Å². The topological polar surface area (TPSA) is 61.0 Å². The molecule has 0 atom stereocenters. The van der Waals surface area contributed by atoms with E-state index in [1.54, 1.807) is 42.0 Å². The predicted molar refractivity (Wildman–Crippen MR) is 82.1 cm³/mol. The Morgan fingerprint density at radius 3 is 2.74 bits per heavy atom. The molecule has 0 amide bonds. The second kappa shape index (κ2) is 7.14. The van der Waals surface area contributed by atoms with Crippen LogP contribution in [0.25, 0.3) is 0 Å². The molecule has 0 aliphatic rings. The monoisotopic (exact) mass is 313 g/mol. The number of benzene rings is 1. The van der Waals surface area contributed by atoms with E-state index in [0.717, 1.165) is 25.7 Å². The Bertz CT molecular complexity index is 545. The number of hydrogen-bond acceptors (Lipinski definition) is 7. The van der Waals surface area contributed by atoms with Gasteiger partial charge in [0.2, 0.25) is 0 Å². The predicted octanol–water partition coefficient (Wildman–Crippen LogP) is 3.02. The van der Waals surface area contributed by atoms with Crippen molar-refractivity contribution in [3.8, 4) is 5.75 Å². The van der Waals surface area contributed by atoms with Gasteiger partial charge in [-0.25, -0.2) is 0 Å². The maximum atomic E-state index is 5.71. The molecule has 2 N–H and O–H groups in total. The first kappa shape index (κ1) is 14.6. The van der Waals surface area contributed by atoms with Crippen LogP contribution in [0.15, 0.2) is 26.9 Å². The summed E-state index contributed by atoms with van der Waals surface area (Å²) >= 11 is 4.94. The number of ether oxygens (including phenoxy) is 1. The van der Waals surface area contributed by atoms with E-state index in [1.165, 1.54) is 5.56 Å². The normalized spacial score (nSPS) is 10.7. The summed E-state index contributed by atoms with van der Waals surface area (Å²) in [6.45, 7) is 0.483. The van der Waals surface area contributed by atoms with Crippen molar-refractivity contribution in [3.05, 3.63) is 29.3 Å². The van der Waals surface area contributed by atoms with Gasteiger partial charge in [-0.3, -0.25) is 0 Å². The van der Waals surface area contributed by atoms with Crippen LogP contribution in [0.4, 0.5) is 0 Å². The average Bonchev–Trinajstić information content (AvgIpc) is 2.92. The maximum Gasteiger partial charge on any atom is 0.175 e. The van der Waals surface area contributed by atoms with Crippen molar-refractivity contribution < 1.29 is 4.74 Å². The minimum absolute atomic E-state index is 0.483. The van der Waals surface area contributed by atoms with Crippen LogP contribution < -0.4 is 10.5 Å². The summed E-state index contributed by atoms with van der Waals surface area (Å²) in [5, 5.41) is 8.22. The molecule has 7 heteroatoms. The highest BCUT2D eigenvalue weighted by molar-refractivity contribution is 8.02. The fourth-order valence-corrected chi connectivity index (χ4v) is 3.95. The van der Waals surface area contributed by atoms with E-state index in [9.17, 15) is 0 Å². The molecule has 0 unspecified atom stereocenters. The minimum Gasteiger partial charge on any atom is -0.496 e. The molecule has 2 aromatic rings. The van der Waals surface area contributed by atoms with Crippen LogP contribution in [0.3, 0.4) is 0 Å². The van der Waals surface area contributed by atoms with Gasteiger partial charge in [0.25, 0.3) is 0 Å². The van der Waals surface area contributed by atoms with Crippen LogP contribution in [0, 0.1) is 0 Å². The molecule has 102 valence electrons. The van der Waals surface area contributed by atoms with Crippen molar-refractivity contribution in [2.24, 2.45) is 5.73 Å². The molecule has 2 rings (SSSR count). The van der Waals surface area contributed by atoms with Gasteiger partial charge < -0.3 is 10.5 Å². The summed E-state index contributed by atoms with van der Waals surface area (Å²) < 4.78 is 7.26. The number of aromatic nitrogens is 2. The molecular weight excluding hydrogens is 298 g/mol. The smallest absolute Gasteiger partial charge is 0.175 e. The lowest BCUT2D eigenvalue weighted by Crippen LogP contribution is -2.00. The summed E-state index contributed by atoms with van der Waals surface area (Å²) in [5.41, 5.74) is 7.96. The second-order valence-corrected chi connectivity index (χ2v) is 6.93. The highest BCUT2D eigenvalue weighted by Gasteiger charge is 2.06. The van der Waals surface area contributed by atoms with Crippen LogP contribution in [0.1, 0.15) is 11.1 Å². The maximum absolute atomic E-state index is 5.71. The van der Waals surface area contributed by atoms with Crippen molar-refractivity contribution in [1.29, 1.82) is 0 Å². The number of thioether (sulfide) groups is 2. The Hall–Kier alpha value is -0.760. The number of hydrogen-bond donors (Lipinski definition) is 1. The highest BCUT2D eigenvalue weighted by Crippen LogP contribution is 2.30. The van der Waals surface area contributed by atoms with E-state index in [1.807, 2.05) is 12.3 Å². The van der Waals surface area contributed by atoms with Crippen molar-refractivity contribution >= 4 is 34.9 Å². The third-order valence-corrected chi connectivity index (χ3v) is 5.59. The van der Waals surface area contributed by atoms with Gasteiger partial charge in [-0.2, -0.15) is 0 Å². The molecule has 1 aromatic carbocycles. The molecule has 1 heterocycles. The number of rotatable bonds is 6. The molecule has 0 saturated carbocycles. The summed E-state index contributed by atoms with van der Waals surface area (Å²) in [7, 11) is 1.66. The van der Waals surface area contributed by atoms with E-state index >= 15 is 0 Å².